The molecule has 26 heavy (non-hydrogen) atoms. The van der Waals surface area contributed by atoms with Crippen LogP contribution in [-0.2, 0) is 14.8 Å². The van der Waals surface area contributed by atoms with Crippen molar-refractivity contribution in [3.63, 3.8) is 0 Å². The molecule has 1 aromatic carbocycles. The third-order valence-corrected chi connectivity index (χ3v) is 6.43. The quantitative estimate of drug-likeness (QED) is 0.868. The topological polar surface area (TPSA) is 76.5 Å². The van der Waals surface area contributed by atoms with Gasteiger partial charge in [0.1, 0.15) is 0 Å². The third kappa shape index (κ3) is 3.71. The lowest BCUT2D eigenvalue weighted by atomic mass is 10.1. The summed E-state index contributed by atoms with van der Waals surface area (Å²) in [5.74, 6) is 0. The zero-order valence-electron chi connectivity index (χ0n) is 14.7. The van der Waals surface area contributed by atoms with E-state index >= 15 is 0 Å². The Hall–Kier alpha value is -2.06. The lowest BCUT2D eigenvalue weighted by Crippen LogP contribution is -2.20. The van der Waals surface area contributed by atoms with Crippen molar-refractivity contribution >= 4 is 21.4 Å². The Labute approximate surface area is 154 Å². The van der Waals surface area contributed by atoms with Gasteiger partial charge >= 0.3 is 0 Å². The van der Waals surface area contributed by atoms with Gasteiger partial charge in [0.2, 0.25) is 0 Å². The number of hydrogen-bond acceptors (Lipinski definition) is 5. The molecule has 0 saturated carbocycles. The number of benzene rings is 1. The van der Waals surface area contributed by atoms with E-state index in [9.17, 15) is 8.42 Å². The van der Waals surface area contributed by atoms with E-state index in [4.69, 9.17) is 4.74 Å². The second-order valence-corrected chi connectivity index (χ2v) is 8.53. The summed E-state index contributed by atoms with van der Waals surface area (Å²) in [5, 5.41) is 4.31. The lowest BCUT2D eigenvalue weighted by molar-refractivity contribution is 0.0662. The first kappa shape index (κ1) is 17.4. The Balaban J connectivity index is 1.45. The molecule has 2 aliphatic rings. The summed E-state index contributed by atoms with van der Waals surface area (Å²) in [6, 6.07) is 7.36. The third-order valence-electron chi connectivity index (χ3n) is 5.04. The monoisotopic (exact) mass is 376 g/mol. The predicted molar refractivity (Wildman–Crippen MR) is 100 cm³/mol. The molecule has 0 bridgehead atoms. The molecular weight excluding hydrogens is 352 g/mol. The molecule has 8 heteroatoms. The van der Waals surface area contributed by atoms with E-state index < -0.39 is 10.0 Å². The van der Waals surface area contributed by atoms with Gasteiger partial charge in [-0.15, -0.1) is 0 Å². The number of sulfonamides is 1. The summed E-state index contributed by atoms with van der Waals surface area (Å²) >= 11 is 0. The maximum Gasteiger partial charge on any atom is 0.261 e. The van der Waals surface area contributed by atoms with Gasteiger partial charge in [0.05, 0.1) is 22.8 Å². The van der Waals surface area contributed by atoms with Crippen molar-refractivity contribution in [3.05, 3.63) is 36.7 Å². The number of aromatic nitrogens is 2. The van der Waals surface area contributed by atoms with Gasteiger partial charge in [-0.25, -0.2) is 8.42 Å². The van der Waals surface area contributed by atoms with Crippen LogP contribution in [-0.4, -0.2) is 44.5 Å². The number of nitrogens with zero attached hydrogens (tertiary/aromatic N) is 3. The zero-order chi connectivity index (χ0) is 18.0. The summed E-state index contributed by atoms with van der Waals surface area (Å²) in [6.07, 6.45) is 7.49. The maximum absolute atomic E-state index is 12.6. The molecule has 2 fully saturated rings. The van der Waals surface area contributed by atoms with Crippen LogP contribution in [0.15, 0.2) is 41.6 Å². The van der Waals surface area contributed by atoms with Crippen LogP contribution in [0, 0.1) is 0 Å². The summed E-state index contributed by atoms with van der Waals surface area (Å²) < 4.78 is 35.1. The molecule has 1 aromatic heterocycles. The molecule has 1 N–H and O–H groups in total. The average Bonchev–Trinajstić information content (AvgIpc) is 3.34. The highest BCUT2D eigenvalue weighted by atomic mass is 32.2. The van der Waals surface area contributed by atoms with Gasteiger partial charge in [0.15, 0.2) is 0 Å². The van der Waals surface area contributed by atoms with E-state index in [-0.39, 0.29) is 10.9 Å². The van der Waals surface area contributed by atoms with E-state index in [1.54, 1.807) is 24.5 Å². The molecule has 4 rings (SSSR count). The first-order valence-electron chi connectivity index (χ1n) is 9.11. The molecule has 0 spiro atoms. The molecule has 0 unspecified atom stereocenters. The first-order valence-corrected chi connectivity index (χ1v) is 10.6. The predicted octanol–water partition coefficient (Wildman–Crippen LogP) is 2.64. The van der Waals surface area contributed by atoms with Crippen LogP contribution in [0.5, 0.6) is 0 Å². The maximum atomic E-state index is 12.6. The molecule has 2 aromatic rings. The van der Waals surface area contributed by atoms with Crippen LogP contribution in [0.2, 0.25) is 0 Å². The summed E-state index contributed by atoms with van der Waals surface area (Å²) in [6.45, 7) is 3.51. The fraction of sp³-hybridized carbons (Fsp3) is 0.500. The SMILES string of the molecule is O=S(=O)(Nc1cnn(C2CCOCC2)c1)c1ccc(N2CCCC2)cc1. The Morgan fingerprint density at radius 3 is 2.46 bits per heavy atom. The van der Waals surface area contributed by atoms with E-state index in [0.29, 0.717) is 5.69 Å². The smallest absolute Gasteiger partial charge is 0.261 e. The number of hydrogen-bond donors (Lipinski definition) is 1. The average molecular weight is 376 g/mol. The van der Waals surface area contributed by atoms with E-state index in [0.717, 1.165) is 44.8 Å². The molecule has 3 heterocycles. The van der Waals surface area contributed by atoms with Gasteiger partial charge in [0, 0.05) is 38.2 Å². The highest BCUT2D eigenvalue weighted by Gasteiger charge is 2.20. The lowest BCUT2D eigenvalue weighted by Gasteiger charge is -2.22. The van der Waals surface area contributed by atoms with Crippen molar-refractivity contribution in [1.29, 1.82) is 0 Å². The number of anilines is 2. The number of rotatable bonds is 5. The van der Waals surface area contributed by atoms with Crippen molar-refractivity contribution in [1.82, 2.24) is 9.78 Å². The van der Waals surface area contributed by atoms with Crippen LogP contribution >= 0.6 is 0 Å². The Morgan fingerprint density at radius 2 is 1.77 bits per heavy atom. The van der Waals surface area contributed by atoms with Crippen molar-refractivity contribution in [2.45, 2.75) is 36.6 Å². The van der Waals surface area contributed by atoms with Crippen LogP contribution in [0.3, 0.4) is 0 Å². The van der Waals surface area contributed by atoms with Gasteiger partial charge in [-0.2, -0.15) is 5.10 Å². The molecule has 0 atom stereocenters. The summed E-state index contributed by atoms with van der Waals surface area (Å²) in [7, 11) is -3.62. The van der Waals surface area contributed by atoms with Crippen molar-refractivity contribution in [3.8, 4) is 0 Å². The summed E-state index contributed by atoms with van der Waals surface area (Å²) in [5.41, 5.74) is 1.56. The zero-order valence-corrected chi connectivity index (χ0v) is 15.5. The van der Waals surface area contributed by atoms with Crippen molar-refractivity contribution < 1.29 is 13.2 Å². The fourth-order valence-corrected chi connectivity index (χ4v) is 4.59. The van der Waals surface area contributed by atoms with Gasteiger partial charge < -0.3 is 9.64 Å². The van der Waals surface area contributed by atoms with E-state index in [1.165, 1.54) is 12.8 Å². The minimum atomic E-state index is -3.62. The van der Waals surface area contributed by atoms with Crippen LogP contribution in [0.1, 0.15) is 31.7 Å². The largest absolute Gasteiger partial charge is 0.381 e. The highest BCUT2D eigenvalue weighted by Crippen LogP contribution is 2.25. The van der Waals surface area contributed by atoms with Gasteiger partial charge in [-0.1, -0.05) is 0 Å². The minimum Gasteiger partial charge on any atom is -0.381 e. The van der Waals surface area contributed by atoms with Crippen LogP contribution in [0.25, 0.3) is 0 Å². The normalized spacial score (nSPS) is 19.0. The van der Waals surface area contributed by atoms with Gasteiger partial charge in [0.25, 0.3) is 10.0 Å². The fourth-order valence-electron chi connectivity index (χ4n) is 3.57. The van der Waals surface area contributed by atoms with Gasteiger partial charge in [-0.3, -0.25) is 9.40 Å². The van der Waals surface area contributed by atoms with Crippen molar-refractivity contribution in [2.24, 2.45) is 0 Å². The Kier molecular flexibility index (Phi) is 4.86. The van der Waals surface area contributed by atoms with Crippen molar-refractivity contribution in [2.75, 3.05) is 35.9 Å². The Bertz CT molecular complexity index is 836. The number of ether oxygens (including phenoxy) is 1. The molecule has 2 saturated heterocycles. The van der Waals surface area contributed by atoms with E-state index in [1.807, 2.05) is 16.8 Å². The standard InChI is InChI=1S/C18H24N4O3S/c23-26(24,18-5-3-16(4-6-18)21-9-1-2-10-21)20-15-13-19-22(14-15)17-7-11-25-12-8-17/h3-6,13-14,17,20H,1-2,7-12H2. The second-order valence-electron chi connectivity index (χ2n) is 6.85. The highest BCUT2D eigenvalue weighted by molar-refractivity contribution is 7.92. The van der Waals surface area contributed by atoms with Crippen LogP contribution in [0.4, 0.5) is 11.4 Å². The first-order chi connectivity index (χ1) is 12.6. The number of nitrogens with one attached hydrogen (secondary N) is 1. The van der Waals surface area contributed by atoms with Crippen LogP contribution < -0.4 is 9.62 Å². The summed E-state index contributed by atoms with van der Waals surface area (Å²) in [4.78, 5) is 2.54. The van der Waals surface area contributed by atoms with Gasteiger partial charge in [-0.05, 0) is 49.9 Å². The Morgan fingerprint density at radius 1 is 1.08 bits per heavy atom. The molecule has 0 aliphatic carbocycles. The second kappa shape index (κ2) is 7.28. The minimum absolute atomic E-state index is 0.263. The molecule has 140 valence electrons. The molecule has 7 nitrogen and oxygen atoms in total. The molecule has 0 amide bonds. The van der Waals surface area contributed by atoms with E-state index in [2.05, 4.69) is 14.7 Å². The molecular formula is C18H24N4O3S. The molecule has 0 radical (unpaired) electrons. The molecule has 2 aliphatic heterocycles.